The number of benzene rings is 2. The van der Waals surface area contributed by atoms with Crippen LogP contribution in [0.4, 0.5) is 5.69 Å². The molecule has 0 fully saturated rings. The number of nitrogens with zero attached hydrogens (tertiary/aromatic N) is 1. The number of hydrogen-bond acceptors (Lipinski definition) is 4. The predicted molar refractivity (Wildman–Crippen MR) is 101 cm³/mol. The number of likely N-dealkylation sites (N-methyl/N-ethyl adjacent to an activating group) is 1. The molecule has 0 aliphatic heterocycles. The van der Waals surface area contributed by atoms with Crippen LogP contribution < -0.4 is 14.8 Å². The lowest BCUT2D eigenvalue weighted by Crippen LogP contribution is -2.27. The topological polar surface area (TPSA) is 67.9 Å². The molecule has 2 rings (SSSR count). The van der Waals surface area contributed by atoms with Crippen molar-refractivity contribution in [3.63, 3.8) is 0 Å². The lowest BCUT2D eigenvalue weighted by molar-refractivity contribution is -0.130. The number of aryl methyl sites for hydroxylation is 2. The van der Waals surface area contributed by atoms with E-state index in [0.29, 0.717) is 17.2 Å². The van der Waals surface area contributed by atoms with Crippen molar-refractivity contribution in [3.05, 3.63) is 53.6 Å². The molecule has 0 spiro atoms. The van der Waals surface area contributed by atoms with E-state index in [1.165, 1.54) is 4.90 Å². The largest absolute Gasteiger partial charge is 0.484 e. The van der Waals surface area contributed by atoms with Gasteiger partial charge in [-0.3, -0.25) is 9.59 Å². The van der Waals surface area contributed by atoms with Crippen molar-refractivity contribution in [1.29, 1.82) is 0 Å². The number of amides is 2. The third-order valence-corrected chi connectivity index (χ3v) is 3.69. The van der Waals surface area contributed by atoms with Crippen molar-refractivity contribution in [2.75, 3.05) is 32.6 Å². The smallest absolute Gasteiger partial charge is 0.262 e. The van der Waals surface area contributed by atoms with E-state index in [4.69, 9.17) is 9.47 Å². The number of ether oxygens (including phenoxy) is 2. The molecule has 0 radical (unpaired) electrons. The Balaban J connectivity index is 1.82. The Labute approximate surface area is 153 Å². The maximum atomic E-state index is 12.0. The fourth-order valence-electron chi connectivity index (χ4n) is 2.21. The molecule has 6 heteroatoms. The first-order chi connectivity index (χ1) is 12.3. The highest BCUT2D eigenvalue weighted by Crippen LogP contribution is 2.19. The SMILES string of the molecule is Cc1ccc(OCC(=O)Nc2ccc(OCC(=O)N(C)C)cc2)c(C)c1. The maximum Gasteiger partial charge on any atom is 0.262 e. The molecule has 0 aromatic heterocycles. The zero-order chi connectivity index (χ0) is 19.1. The first kappa shape index (κ1) is 19.3. The van der Waals surface area contributed by atoms with Gasteiger partial charge in [-0.25, -0.2) is 0 Å². The standard InChI is InChI=1S/C20H24N2O4/c1-14-5-10-18(15(2)11-14)26-12-19(23)21-16-6-8-17(9-7-16)25-13-20(24)22(3)4/h5-11H,12-13H2,1-4H3,(H,21,23). The zero-order valence-electron chi connectivity index (χ0n) is 15.5. The normalized spacial score (nSPS) is 10.2. The zero-order valence-corrected chi connectivity index (χ0v) is 15.5. The Morgan fingerprint density at radius 3 is 2.27 bits per heavy atom. The average molecular weight is 356 g/mol. The molecule has 2 aromatic rings. The second kappa shape index (κ2) is 8.89. The summed E-state index contributed by atoms with van der Waals surface area (Å²) in [5.41, 5.74) is 2.77. The molecule has 2 aromatic carbocycles. The lowest BCUT2D eigenvalue weighted by Gasteiger charge is -2.12. The number of nitrogens with one attached hydrogen (secondary N) is 1. The van der Waals surface area contributed by atoms with Gasteiger partial charge in [-0.2, -0.15) is 0 Å². The summed E-state index contributed by atoms with van der Waals surface area (Å²) in [6, 6.07) is 12.6. The number of anilines is 1. The van der Waals surface area contributed by atoms with Crippen molar-refractivity contribution in [1.82, 2.24) is 4.90 Å². The van der Waals surface area contributed by atoms with Gasteiger partial charge in [0.1, 0.15) is 11.5 Å². The van der Waals surface area contributed by atoms with Crippen molar-refractivity contribution < 1.29 is 19.1 Å². The van der Waals surface area contributed by atoms with Crippen LogP contribution in [0.5, 0.6) is 11.5 Å². The number of hydrogen-bond donors (Lipinski definition) is 1. The van der Waals surface area contributed by atoms with E-state index in [0.717, 1.165) is 11.1 Å². The highest BCUT2D eigenvalue weighted by Gasteiger charge is 2.07. The third-order valence-electron chi connectivity index (χ3n) is 3.69. The summed E-state index contributed by atoms with van der Waals surface area (Å²) in [4.78, 5) is 25.0. The molecular weight excluding hydrogens is 332 g/mol. The third kappa shape index (κ3) is 5.81. The van der Waals surface area contributed by atoms with Gasteiger partial charge >= 0.3 is 0 Å². The summed E-state index contributed by atoms with van der Waals surface area (Å²) >= 11 is 0. The van der Waals surface area contributed by atoms with Crippen molar-refractivity contribution >= 4 is 17.5 Å². The van der Waals surface area contributed by atoms with E-state index in [9.17, 15) is 9.59 Å². The maximum absolute atomic E-state index is 12.0. The fourth-order valence-corrected chi connectivity index (χ4v) is 2.21. The van der Waals surface area contributed by atoms with E-state index >= 15 is 0 Å². The van der Waals surface area contributed by atoms with Gasteiger partial charge < -0.3 is 19.7 Å². The highest BCUT2D eigenvalue weighted by molar-refractivity contribution is 5.91. The molecule has 6 nitrogen and oxygen atoms in total. The molecule has 0 saturated carbocycles. The number of carbonyl (C=O) groups excluding carboxylic acids is 2. The summed E-state index contributed by atoms with van der Waals surface area (Å²) < 4.78 is 10.9. The van der Waals surface area contributed by atoms with Gasteiger partial charge in [0.15, 0.2) is 13.2 Å². The summed E-state index contributed by atoms with van der Waals surface area (Å²) in [6.45, 7) is 3.86. The molecular formula is C20H24N2O4. The molecule has 2 amide bonds. The van der Waals surface area contributed by atoms with Crippen LogP contribution in [-0.4, -0.2) is 44.0 Å². The summed E-state index contributed by atoms with van der Waals surface area (Å²) in [7, 11) is 3.34. The van der Waals surface area contributed by atoms with Gasteiger partial charge in [0.2, 0.25) is 0 Å². The van der Waals surface area contributed by atoms with E-state index in [2.05, 4.69) is 5.32 Å². The lowest BCUT2D eigenvalue weighted by atomic mass is 10.1. The van der Waals surface area contributed by atoms with Crippen LogP contribution in [0.25, 0.3) is 0 Å². The summed E-state index contributed by atoms with van der Waals surface area (Å²) in [6.07, 6.45) is 0. The molecule has 0 aliphatic carbocycles. The van der Waals surface area contributed by atoms with Crippen LogP contribution in [0.1, 0.15) is 11.1 Å². The number of carbonyl (C=O) groups is 2. The van der Waals surface area contributed by atoms with Crippen molar-refractivity contribution in [3.8, 4) is 11.5 Å². The first-order valence-corrected chi connectivity index (χ1v) is 8.28. The van der Waals surface area contributed by atoms with Gasteiger partial charge in [0, 0.05) is 19.8 Å². The van der Waals surface area contributed by atoms with Crippen LogP contribution in [0.3, 0.4) is 0 Å². The molecule has 0 heterocycles. The minimum atomic E-state index is -0.249. The van der Waals surface area contributed by atoms with Gasteiger partial charge in [-0.15, -0.1) is 0 Å². The number of rotatable bonds is 7. The van der Waals surface area contributed by atoms with Gasteiger partial charge in [0.05, 0.1) is 0 Å². The molecule has 0 aliphatic rings. The highest BCUT2D eigenvalue weighted by atomic mass is 16.5. The monoisotopic (exact) mass is 356 g/mol. The van der Waals surface area contributed by atoms with Crippen LogP contribution >= 0.6 is 0 Å². The molecule has 26 heavy (non-hydrogen) atoms. The van der Waals surface area contributed by atoms with Crippen LogP contribution in [0.15, 0.2) is 42.5 Å². The molecule has 0 bridgehead atoms. The average Bonchev–Trinajstić information content (AvgIpc) is 2.60. The van der Waals surface area contributed by atoms with E-state index < -0.39 is 0 Å². The molecule has 0 atom stereocenters. The van der Waals surface area contributed by atoms with Crippen LogP contribution in [0, 0.1) is 13.8 Å². The van der Waals surface area contributed by atoms with Crippen molar-refractivity contribution in [2.24, 2.45) is 0 Å². The molecule has 138 valence electrons. The van der Waals surface area contributed by atoms with Crippen molar-refractivity contribution in [2.45, 2.75) is 13.8 Å². The molecule has 0 saturated heterocycles. The predicted octanol–water partition coefficient (Wildman–Crippen LogP) is 2.79. The van der Waals surface area contributed by atoms with E-state index in [1.54, 1.807) is 38.4 Å². The minimum Gasteiger partial charge on any atom is -0.484 e. The molecule has 1 N–H and O–H groups in total. The van der Waals surface area contributed by atoms with Crippen LogP contribution in [0.2, 0.25) is 0 Å². The Bertz CT molecular complexity index is 770. The van der Waals surface area contributed by atoms with E-state index in [1.807, 2.05) is 32.0 Å². The fraction of sp³-hybridized carbons (Fsp3) is 0.300. The summed E-state index contributed by atoms with van der Waals surface area (Å²) in [5.74, 6) is 0.886. The van der Waals surface area contributed by atoms with Gasteiger partial charge in [-0.1, -0.05) is 17.7 Å². The Morgan fingerprint density at radius 2 is 1.65 bits per heavy atom. The summed E-state index contributed by atoms with van der Waals surface area (Å²) in [5, 5.41) is 2.76. The second-order valence-corrected chi connectivity index (χ2v) is 6.21. The minimum absolute atomic E-state index is 0.0254. The van der Waals surface area contributed by atoms with E-state index in [-0.39, 0.29) is 25.0 Å². The Morgan fingerprint density at radius 1 is 0.962 bits per heavy atom. The second-order valence-electron chi connectivity index (χ2n) is 6.21. The van der Waals surface area contributed by atoms with Gasteiger partial charge in [-0.05, 0) is 49.7 Å². The molecule has 0 unspecified atom stereocenters. The van der Waals surface area contributed by atoms with Crippen LogP contribution in [-0.2, 0) is 9.59 Å². The Kier molecular flexibility index (Phi) is 6.60. The Hall–Kier alpha value is -3.02. The first-order valence-electron chi connectivity index (χ1n) is 8.28. The quantitative estimate of drug-likeness (QED) is 0.828. The van der Waals surface area contributed by atoms with Gasteiger partial charge in [0.25, 0.3) is 11.8 Å².